The van der Waals surface area contributed by atoms with Crippen LogP contribution in [0.2, 0.25) is 0 Å². The van der Waals surface area contributed by atoms with Gasteiger partial charge in [0.25, 0.3) is 0 Å². The highest BCUT2D eigenvalue weighted by Gasteiger charge is 2.32. The van der Waals surface area contributed by atoms with E-state index in [-0.39, 0.29) is 0 Å². The minimum absolute atomic E-state index is 0.421. The van der Waals surface area contributed by atoms with Crippen LogP contribution in [0.4, 0.5) is 0 Å². The van der Waals surface area contributed by atoms with Gasteiger partial charge < -0.3 is 0 Å². The normalized spacial score (nSPS) is 19.6. The molecule has 1 aliphatic rings. The maximum Gasteiger partial charge on any atom is 0.0129 e. The maximum absolute atomic E-state index is 3.74. The molecular weight excluding hydrogens is 260 g/mol. The van der Waals surface area contributed by atoms with Crippen molar-refractivity contribution in [3.8, 4) is 0 Å². The Morgan fingerprint density at radius 3 is 2.19 bits per heavy atom. The minimum Gasteiger partial charge on any atom is -0.0918 e. The van der Waals surface area contributed by atoms with Gasteiger partial charge in [-0.15, -0.1) is 0 Å². The molecule has 0 aliphatic heterocycles. The molecule has 0 N–H and O–H groups in total. The molecule has 1 heteroatoms. The fourth-order valence-corrected chi connectivity index (χ4v) is 3.71. The van der Waals surface area contributed by atoms with Crippen molar-refractivity contribution in [2.24, 2.45) is 0 Å². The molecule has 0 unspecified atom stereocenters. The van der Waals surface area contributed by atoms with Crippen LogP contribution in [0.5, 0.6) is 0 Å². The van der Waals surface area contributed by atoms with Gasteiger partial charge in [-0.3, -0.25) is 0 Å². The van der Waals surface area contributed by atoms with E-state index in [1.54, 1.807) is 5.56 Å². The molecule has 1 fully saturated rings. The summed E-state index contributed by atoms with van der Waals surface area (Å²) in [7, 11) is 0. The van der Waals surface area contributed by atoms with Gasteiger partial charge in [-0.2, -0.15) is 0 Å². The lowest BCUT2D eigenvalue weighted by Crippen LogP contribution is -2.30. The van der Waals surface area contributed by atoms with Gasteiger partial charge in [0.15, 0.2) is 0 Å². The largest absolute Gasteiger partial charge is 0.0918 e. The van der Waals surface area contributed by atoms with Crippen LogP contribution in [0.15, 0.2) is 24.3 Å². The van der Waals surface area contributed by atoms with E-state index in [1.807, 2.05) is 0 Å². The van der Waals surface area contributed by atoms with Crippen molar-refractivity contribution in [2.75, 3.05) is 5.33 Å². The van der Waals surface area contributed by atoms with Crippen LogP contribution < -0.4 is 0 Å². The van der Waals surface area contributed by atoms with Crippen LogP contribution in [0.3, 0.4) is 0 Å². The van der Waals surface area contributed by atoms with Gasteiger partial charge in [0, 0.05) is 10.7 Å². The molecule has 1 saturated carbocycles. The van der Waals surface area contributed by atoms with E-state index in [9.17, 15) is 0 Å². The molecule has 1 aromatic carbocycles. The van der Waals surface area contributed by atoms with E-state index < -0.39 is 0 Å². The third-order valence-electron chi connectivity index (χ3n) is 4.04. The minimum atomic E-state index is 0.421. The number of halogens is 1. The van der Waals surface area contributed by atoms with Crippen LogP contribution in [0.1, 0.15) is 50.2 Å². The van der Waals surface area contributed by atoms with Crippen LogP contribution >= 0.6 is 15.9 Å². The first kappa shape index (κ1) is 12.2. The summed E-state index contributed by atoms with van der Waals surface area (Å²) in [6.07, 6.45) is 8.04. The Morgan fingerprint density at radius 2 is 1.69 bits per heavy atom. The van der Waals surface area contributed by atoms with E-state index in [0.29, 0.717) is 5.41 Å². The van der Waals surface area contributed by atoms with E-state index in [4.69, 9.17) is 0 Å². The molecule has 0 spiro atoms. The zero-order valence-electron chi connectivity index (χ0n) is 10.1. The van der Waals surface area contributed by atoms with Gasteiger partial charge in [0.05, 0.1) is 0 Å². The number of rotatable bonds is 3. The summed E-state index contributed by atoms with van der Waals surface area (Å²) in [5.41, 5.74) is 3.41. The smallest absolute Gasteiger partial charge is 0.0129 e. The summed E-state index contributed by atoms with van der Waals surface area (Å²) in [6, 6.07) is 9.31. The van der Waals surface area contributed by atoms with Crippen LogP contribution in [0, 0.1) is 0 Å². The Hall–Kier alpha value is -0.300. The molecule has 1 aliphatic carbocycles. The van der Waals surface area contributed by atoms with E-state index in [1.165, 1.54) is 37.7 Å². The summed E-state index contributed by atoms with van der Waals surface area (Å²) in [5, 5.41) is 1.12. The fourth-order valence-electron chi connectivity index (χ4n) is 2.82. The lowest BCUT2D eigenvalue weighted by Gasteiger charge is -2.36. The van der Waals surface area contributed by atoms with E-state index in [2.05, 4.69) is 47.1 Å². The third kappa shape index (κ3) is 2.34. The van der Waals surface area contributed by atoms with Crippen molar-refractivity contribution in [1.29, 1.82) is 0 Å². The standard InChI is InChI=1S/C15H21Br/c1-2-13-6-8-14(9-7-13)15(12-16)10-4-3-5-11-15/h6-9H,2-5,10-12H2,1H3. The first-order valence-electron chi connectivity index (χ1n) is 6.46. The highest BCUT2D eigenvalue weighted by atomic mass is 79.9. The molecule has 88 valence electrons. The van der Waals surface area contributed by atoms with Crippen molar-refractivity contribution in [3.63, 3.8) is 0 Å². The van der Waals surface area contributed by atoms with Gasteiger partial charge >= 0.3 is 0 Å². The van der Waals surface area contributed by atoms with Crippen molar-refractivity contribution < 1.29 is 0 Å². The van der Waals surface area contributed by atoms with Crippen molar-refractivity contribution >= 4 is 15.9 Å². The van der Waals surface area contributed by atoms with Gasteiger partial charge in [-0.05, 0) is 30.4 Å². The molecule has 16 heavy (non-hydrogen) atoms. The Morgan fingerprint density at radius 1 is 1.06 bits per heavy atom. The Labute approximate surface area is 108 Å². The summed E-state index contributed by atoms with van der Waals surface area (Å²) in [4.78, 5) is 0. The fraction of sp³-hybridized carbons (Fsp3) is 0.600. The quantitative estimate of drug-likeness (QED) is 0.695. The second-order valence-electron chi connectivity index (χ2n) is 5.03. The molecule has 1 aromatic rings. The summed E-state index contributed by atoms with van der Waals surface area (Å²) < 4.78 is 0. The van der Waals surface area contributed by atoms with E-state index in [0.717, 1.165) is 11.8 Å². The summed E-state index contributed by atoms with van der Waals surface area (Å²) >= 11 is 3.74. The van der Waals surface area contributed by atoms with Gasteiger partial charge in [-0.1, -0.05) is 66.4 Å². The lowest BCUT2D eigenvalue weighted by molar-refractivity contribution is 0.327. The number of hydrogen-bond donors (Lipinski definition) is 0. The molecule has 0 aromatic heterocycles. The zero-order valence-corrected chi connectivity index (χ0v) is 11.7. The molecule has 0 saturated heterocycles. The van der Waals surface area contributed by atoms with Crippen LogP contribution in [0.25, 0.3) is 0 Å². The van der Waals surface area contributed by atoms with Crippen molar-refractivity contribution in [3.05, 3.63) is 35.4 Å². The Kier molecular flexibility index (Phi) is 4.07. The third-order valence-corrected chi connectivity index (χ3v) is 5.11. The highest BCUT2D eigenvalue weighted by molar-refractivity contribution is 9.09. The SMILES string of the molecule is CCc1ccc(C2(CBr)CCCCC2)cc1. The molecule has 0 bridgehead atoms. The topological polar surface area (TPSA) is 0 Å². The lowest BCUT2D eigenvalue weighted by atomic mass is 9.71. The average Bonchev–Trinajstić information content (AvgIpc) is 2.39. The molecule has 2 rings (SSSR count). The molecular formula is C15H21Br. The first-order valence-corrected chi connectivity index (χ1v) is 7.58. The predicted molar refractivity (Wildman–Crippen MR) is 74.4 cm³/mol. The van der Waals surface area contributed by atoms with Crippen LogP contribution in [-0.4, -0.2) is 5.33 Å². The number of alkyl halides is 1. The first-order chi connectivity index (χ1) is 7.80. The molecule has 0 heterocycles. The van der Waals surface area contributed by atoms with Gasteiger partial charge in [0.1, 0.15) is 0 Å². The average molecular weight is 281 g/mol. The number of hydrogen-bond acceptors (Lipinski definition) is 0. The van der Waals surface area contributed by atoms with Gasteiger partial charge in [0.2, 0.25) is 0 Å². The van der Waals surface area contributed by atoms with Crippen molar-refractivity contribution in [1.82, 2.24) is 0 Å². The van der Waals surface area contributed by atoms with Gasteiger partial charge in [-0.25, -0.2) is 0 Å². The Bertz CT molecular complexity index is 320. The second kappa shape index (κ2) is 5.35. The number of aryl methyl sites for hydroxylation is 1. The molecule has 0 nitrogen and oxygen atoms in total. The molecule has 0 amide bonds. The summed E-state index contributed by atoms with van der Waals surface area (Å²) in [5.74, 6) is 0. The Balaban J connectivity index is 2.24. The van der Waals surface area contributed by atoms with Crippen molar-refractivity contribution in [2.45, 2.75) is 50.9 Å². The number of benzene rings is 1. The highest BCUT2D eigenvalue weighted by Crippen LogP contribution is 2.40. The second-order valence-corrected chi connectivity index (χ2v) is 5.59. The molecule has 0 atom stereocenters. The van der Waals surface area contributed by atoms with E-state index >= 15 is 0 Å². The zero-order chi connectivity index (χ0) is 11.4. The van der Waals surface area contributed by atoms with Crippen LogP contribution in [-0.2, 0) is 11.8 Å². The predicted octanol–water partition coefficient (Wildman–Crippen LogP) is 4.85. The maximum atomic E-state index is 3.74. The monoisotopic (exact) mass is 280 g/mol. The summed E-state index contributed by atoms with van der Waals surface area (Å²) in [6.45, 7) is 2.22. The molecule has 0 radical (unpaired) electrons.